The second-order valence-electron chi connectivity index (χ2n) is 4.40. The van der Waals surface area contributed by atoms with Crippen molar-refractivity contribution in [3.05, 3.63) is 23.8 Å². The lowest BCUT2D eigenvalue weighted by molar-refractivity contribution is -0.119. The van der Waals surface area contributed by atoms with Gasteiger partial charge in [0, 0.05) is 37.7 Å². The molecule has 5 heteroatoms. The number of esters is 1. The molecule has 102 valence electrons. The van der Waals surface area contributed by atoms with Gasteiger partial charge in [-0.25, -0.2) is 4.79 Å². The summed E-state index contributed by atoms with van der Waals surface area (Å²) in [6, 6.07) is 5.35. The van der Waals surface area contributed by atoms with Crippen LogP contribution in [-0.4, -0.2) is 39.1 Å². The summed E-state index contributed by atoms with van der Waals surface area (Å²) in [4.78, 5) is 24.9. The SMILES string of the molecule is COC(=O)c1ccc(N2CCC(=O)CC2)cc1OC. The number of carbonyl (C=O) groups is 2. The van der Waals surface area contributed by atoms with Crippen LogP contribution in [0.4, 0.5) is 5.69 Å². The van der Waals surface area contributed by atoms with E-state index in [2.05, 4.69) is 4.90 Å². The summed E-state index contributed by atoms with van der Waals surface area (Å²) in [5.74, 6) is 0.368. The quantitative estimate of drug-likeness (QED) is 0.776. The summed E-state index contributed by atoms with van der Waals surface area (Å²) < 4.78 is 9.93. The van der Waals surface area contributed by atoms with Gasteiger partial charge in [0.05, 0.1) is 14.2 Å². The molecule has 1 aromatic carbocycles. The van der Waals surface area contributed by atoms with E-state index in [4.69, 9.17) is 9.47 Å². The lowest BCUT2D eigenvalue weighted by atomic mass is 10.1. The van der Waals surface area contributed by atoms with Gasteiger partial charge in [-0.2, -0.15) is 0 Å². The van der Waals surface area contributed by atoms with Crippen molar-refractivity contribution in [2.75, 3.05) is 32.2 Å². The molecule has 0 N–H and O–H groups in total. The van der Waals surface area contributed by atoms with Crippen molar-refractivity contribution >= 4 is 17.4 Å². The summed E-state index contributed by atoms with van der Waals surface area (Å²) in [5.41, 5.74) is 1.36. The maximum atomic E-state index is 11.6. The zero-order chi connectivity index (χ0) is 13.8. The molecule has 0 atom stereocenters. The van der Waals surface area contributed by atoms with Gasteiger partial charge in [-0.1, -0.05) is 0 Å². The predicted molar refractivity (Wildman–Crippen MR) is 70.8 cm³/mol. The second-order valence-corrected chi connectivity index (χ2v) is 4.40. The fourth-order valence-corrected chi connectivity index (χ4v) is 2.17. The Morgan fingerprint density at radius 1 is 1.21 bits per heavy atom. The smallest absolute Gasteiger partial charge is 0.341 e. The van der Waals surface area contributed by atoms with E-state index in [1.807, 2.05) is 12.1 Å². The van der Waals surface area contributed by atoms with Gasteiger partial charge in [-0.05, 0) is 12.1 Å². The Kier molecular flexibility index (Phi) is 4.04. The van der Waals surface area contributed by atoms with Crippen LogP contribution in [0.3, 0.4) is 0 Å². The third-order valence-electron chi connectivity index (χ3n) is 3.28. The molecule has 2 rings (SSSR count). The Hall–Kier alpha value is -2.04. The molecule has 1 aliphatic heterocycles. The molecule has 19 heavy (non-hydrogen) atoms. The summed E-state index contributed by atoms with van der Waals surface area (Å²) in [7, 11) is 2.86. The van der Waals surface area contributed by atoms with Gasteiger partial charge in [0.25, 0.3) is 0 Å². The topological polar surface area (TPSA) is 55.8 Å². The molecule has 1 fully saturated rings. The van der Waals surface area contributed by atoms with Crippen LogP contribution in [0.5, 0.6) is 5.75 Å². The third kappa shape index (κ3) is 2.86. The van der Waals surface area contributed by atoms with Crippen molar-refractivity contribution in [2.24, 2.45) is 0 Å². The minimum Gasteiger partial charge on any atom is -0.496 e. The molecule has 1 saturated heterocycles. The highest BCUT2D eigenvalue weighted by molar-refractivity contribution is 5.93. The first kappa shape index (κ1) is 13.4. The van der Waals surface area contributed by atoms with E-state index >= 15 is 0 Å². The zero-order valence-corrected chi connectivity index (χ0v) is 11.1. The van der Waals surface area contributed by atoms with Gasteiger partial charge >= 0.3 is 5.97 Å². The van der Waals surface area contributed by atoms with E-state index in [-0.39, 0.29) is 0 Å². The van der Waals surface area contributed by atoms with Crippen LogP contribution in [0.2, 0.25) is 0 Å². The van der Waals surface area contributed by atoms with Crippen molar-refractivity contribution in [1.82, 2.24) is 0 Å². The van der Waals surface area contributed by atoms with Crippen LogP contribution in [0.1, 0.15) is 23.2 Å². The molecule has 0 unspecified atom stereocenters. The minimum atomic E-state index is -0.419. The van der Waals surface area contributed by atoms with E-state index in [0.717, 1.165) is 5.69 Å². The van der Waals surface area contributed by atoms with Crippen molar-refractivity contribution in [3.8, 4) is 5.75 Å². The molecule has 1 aliphatic rings. The Bertz CT molecular complexity index is 488. The lowest BCUT2D eigenvalue weighted by Gasteiger charge is -2.28. The number of methoxy groups -OCH3 is 2. The number of piperidine rings is 1. The molecule has 0 aromatic heterocycles. The number of anilines is 1. The standard InChI is InChI=1S/C14H17NO4/c1-18-13-9-10(3-4-12(13)14(17)19-2)15-7-5-11(16)6-8-15/h3-4,9H,5-8H2,1-2H3. The van der Waals surface area contributed by atoms with Crippen molar-refractivity contribution < 1.29 is 19.1 Å². The Morgan fingerprint density at radius 3 is 2.47 bits per heavy atom. The normalized spacial score (nSPS) is 15.3. The summed E-state index contributed by atoms with van der Waals surface area (Å²) >= 11 is 0. The molecule has 1 heterocycles. The van der Waals surface area contributed by atoms with Gasteiger partial charge in [0.2, 0.25) is 0 Å². The fourth-order valence-electron chi connectivity index (χ4n) is 2.17. The molecule has 0 bridgehead atoms. The fraction of sp³-hybridized carbons (Fsp3) is 0.429. The number of rotatable bonds is 3. The molecule has 0 aliphatic carbocycles. The highest BCUT2D eigenvalue weighted by Gasteiger charge is 2.19. The lowest BCUT2D eigenvalue weighted by Crippen LogP contribution is -2.33. The number of benzene rings is 1. The number of nitrogens with zero attached hydrogens (tertiary/aromatic N) is 1. The second kappa shape index (κ2) is 5.73. The largest absolute Gasteiger partial charge is 0.496 e. The average Bonchev–Trinajstić information content (AvgIpc) is 2.46. The number of ketones is 1. The van der Waals surface area contributed by atoms with Crippen LogP contribution < -0.4 is 9.64 Å². The van der Waals surface area contributed by atoms with Crippen LogP contribution >= 0.6 is 0 Å². The molecular weight excluding hydrogens is 246 g/mol. The van der Waals surface area contributed by atoms with Gasteiger partial charge in [0.1, 0.15) is 17.1 Å². The van der Waals surface area contributed by atoms with Crippen LogP contribution in [0.15, 0.2) is 18.2 Å². The first-order valence-electron chi connectivity index (χ1n) is 6.18. The first-order chi connectivity index (χ1) is 9.15. The first-order valence-corrected chi connectivity index (χ1v) is 6.18. The van der Waals surface area contributed by atoms with E-state index in [0.29, 0.717) is 43.0 Å². The third-order valence-corrected chi connectivity index (χ3v) is 3.28. The molecule has 0 spiro atoms. The maximum Gasteiger partial charge on any atom is 0.341 e. The Morgan fingerprint density at radius 2 is 1.89 bits per heavy atom. The van der Waals surface area contributed by atoms with E-state index in [1.165, 1.54) is 14.2 Å². The Labute approximate surface area is 112 Å². The van der Waals surface area contributed by atoms with Gasteiger partial charge in [-0.15, -0.1) is 0 Å². The predicted octanol–water partition coefficient (Wildman–Crippen LogP) is 1.65. The summed E-state index contributed by atoms with van der Waals surface area (Å²) in [5, 5.41) is 0. The molecule has 5 nitrogen and oxygen atoms in total. The number of Topliss-reactive ketones (excluding diaryl/α,β-unsaturated/α-hetero) is 1. The summed E-state index contributed by atoms with van der Waals surface area (Å²) in [6.45, 7) is 1.42. The van der Waals surface area contributed by atoms with E-state index < -0.39 is 5.97 Å². The zero-order valence-electron chi connectivity index (χ0n) is 11.1. The van der Waals surface area contributed by atoms with Gasteiger partial charge in [0.15, 0.2) is 0 Å². The number of ether oxygens (including phenoxy) is 2. The molecule has 0 saturated carbocycles. The highest BCUT2D eigenvalue weighted by Crippen LogP contribution is 2.27. The van der Waals surface area contributed by atoms with Gasteiger partial charge in [-0.3, -0.25) is 4.79 Å². The van der Waals surface area contributed by atoms with Crippen molar-refractivity contribution in [3.63, 3.8) is 0 Å². The highest BCUT2D eigenvalue weighted by atomic mass is 16.5. The number of hydrogen-bond donors (Lipinski definition) is 0. The van der Waals surface area contributed by atoms with E-state index in [1.54, 1.807) is 6.07 Å². The average molecular weight is 263 g/mol. The molecular formula is C14H17NO4. The molecule has 1 aromatic rings. The van der Waals surface area contributed by atoms with E-state index in [9.17, 15) is 9.59 Å². The number of carbonyl (C=O) groups excluding carboxylic acids is 2. The molecule has 0 radical (unpaired) electrons. The Balaban J connectivity index is 2.23. The maximum absolute atomic E-state index is 11.6. The monoisotopic (exact) mass is 263 g/mol. The number of hydrogen-bond acceptors (Lipinski definition) is 5. The van der Waals surface area contributed by atoms with Crippen LogP contribution in [0, 0.1) is 0 Å². The molecule has 0 amide bonds. The van der Waals surface area contributed by atoms with Crippen molar-refractivity contribution in [1.29, 1.82) is 0 Å². The van der Waals surface area contributed by atoms with Crippen LogP contribution in [0.25, 0.3) is 0 Å². The van der Waals surface area contributed by atoms with Gasteiger partial charge < -0.3 is 14.4 Å². The van der Waals surface area contributed by atoms with Crippen LogP contribution in [-0.2, 0) is 9.53 Å². The summed E-state index contributed by atoms with van der Waals surface area (Å²) in [6.07, 6.45) is 1.14. The van der Waals surface area contributed by atoms with Crippen molar-refractivity contribution in [2.45, 2.75) is 12.8 Å². The minimum absolute atomic E-state index is 0.300.